The molecule has 1 aromatic carbocycles. The Morgan fingerprint density at radius 1 is 1.35 bits per heavy atom. The van der Waals surface area contributed by atoms with Crippen molar-refractivity contribution in [1.82, 2.24) is 10.3 Å². The molecule has 0 radical (unpaired) electrons. The lowest BCUT2D eigenvalue weighted by Crippen LogP contribution is -2.22. The zero-order valence-corrected chi connectivity index (χ0v) is 12.2. The van der Waals surface area contributed by atoms with Crippen molar-refractivity contribution < 1.29 is 8.81 Å². The average Bonchev–Trinajstić information content (AvgIpc) is 2.83. The van der Waals surface area contributed by atoms with Crippen molar-refractivity contribution in [3.63, 3.8) is 0 Å². The zero-order chi connectivity index (χ0) is 14.5. The molecule has 1 heterocycles. The van der Waals surface area contributed by atoms with Crippen LogP contribution in [0, 0.1) is 18.7 Å². The zero-order valence-electron chi connectivity index (χ0n) is 12.2. The molecule has 1 N–H and O–H groups in total. The standard InChI is InChI=1S/C16H21FN2O/c1-11(2)9-18-7-6-16-19-10-15(20-16)13-5-4-12(3)8-14(13)17/h4-5,8,10-11,18H,6-7,9H2,1-3H3. The number of nitrogens with one attached hydrogen (secondary N) is 1. The molecule has 0 spiro atoms. The van der Waals surface area contributed by atoms with Crippen LogP contribution in [-0.4, -0.2) is 18.1 Å². The van der Waals surface area contributed by atoms with Gasteiger partial charge in [0.1, 0.15) is 5.82 Å². The third kappa shape index (κ3) is 3.90. The number of hydrogen-bond acceptors (Lipinski definition) is 3. The van der Waals surface area contributed by atoms with Crippen LogP contribution in [0.25, 0.3) is 11.3 Å². The number of rotatable bonds is 6. The Bertz CT molecular complexity index is 563. The lowest BCUT2D eigenvalue weighted by molar-refractivity contribution is 0.480. The van der Waals surface area contributed by atoms with Crippen LogP contribution in [0.3, 0.4) is 0 Å². The van der Waals surface area contributed by atoms with E-state index in [-0.39, 0.29) is 5.82 Å². The first-order valence-corrected chi connectivity index (χ1v) is 6.98. The van der Waals surface area contributed by atoms with E-state index < -0.39 is 0 Å². The second kappa shape index (κ2) is 6.66. The smallest absolute Gasteiger partial charge is 0.196 e. The van der Waals surface area contributed by atoms with Crippen molar-refractivity contribution in [3.8, 4) is 11.3 Å². The summed E-state index contributed by atoms with van der Waals surface area (Å²) in [6.45, 7) is 7.97. The molecule has 0 bridgehead atoms. The van der Waals surface area contributed by atoms with Gasteiger partial charge in [-0.1, -0.05) is 19.9 Å². The highest BCUT2D eigenvalue weighted by Crippen LogP contribution is 2.24. The van der Waals surface area contributed by atoms with Gasteiger partial charge in [0.15, 0.2) is 11.7 Å². The van der Waals surface area contributed by atoms with E-state index in [2.05, 4.69) is 24.1 Å². The van der Waals surface area contributed by atoms with Crippen molar-refractivity contribution in [2.45, 2.75) is 27.2 Å². The van der Waals surface area contributed by atoms with Gasteiger partial charge < -0.3 is 9.73 Å². The van der Waals surface area contributed by atoms with Gasteiger partial charge in [-0.2, -0.15) is 0 Å². The number of benzene rings is 1. The first-order chi connectivity index (χ1) is 9.56. The van der Waals surface area contributed by atoms with Crippen LogP contribution in [0.5, 0.6) is 0 Å². The van der Waals surface area contributed by atoms with Gasteiger partial charge in [-0.25, -0.2) is 9.37 Å². The van der Waals surface area contributed by atoms with E-state index in [4.69, 9.17) is 4.42 Å². The van der Waals surface area contributed by atoms with E-state index in [0.29, 0.717) is 29.6 Å². The lowest BCUT2D eigenvalue weighted by atomic mass is 10.1. The Labute approximate surface area is 119 Å². The van der Waals surface area contributed by atoms with Crippen LogP contribution in [0.2, 0.25) is 0 Å². The summed E-state index contributed by atoms with van der Waals surface area (Å²) in [7, 11) is 0. The van der Waals surface area contributed by atoms with E-state index >= 15 is 0 Å². The van der Waals surface area contributed by atoms with E-state index in [0.717, 1.165) is 18.7 Å². The molecule has 0 atom stereocenters. The Balaban J connectivity index is 1.98. The number of hydrogen-bond donors (Lipinski definition) is 1. The van der Waals surface area contributed by atoms with Gasteiger partial charge in [0.25, 0.3) is 0 Å². The van der Waals surface area contributed by atoms with Gasteiger partial charge >= 0.3 is 0 Å². The maximum absolute atomic E-state index is 13.8. The molecule has 0 amide bonds. The molecule has 0 fully saturated rings. The van der Waals surface area contributed by atoms with Crippen LogP contribution in [0.4, 0.5) is 4.39 Å². The van der Waals surface area contributed by atoms with Gasteiger partial charge in [-0.3, -0.25) is 0 Å². The van der Waals surface area contributed by atoms with Crippen molar-refractivity contribution in [2.75, 3.05) is 13.1 Å². The van der Waals surface area contributed by atoms with Crippen LogP contribution >= 0.6 is 0 Å². The molecule has 0 aliphatic rings. The van der Waals surface area contributed by atoms with Crippen LogP contribution in [0.1, 0.15) is 25.3 Å². The molecular weight excluding hydrogens is 255 g/mol. The maximum Gasteiger partial charge on any atom is 0.196 e. The normalized spacial score (nSPS) is 11.2. The van der Waals surface area contributed by atoms with Crippen molar-refractivity contribution in [2.24, 2.45) is 5.92 Å². The topological polar surface area (TPSA) is 38.1 Å². The fourth-order valence-corrected chi connectivity index (χ4v) is 1.96. The van der Waals surface area contributed by atoms with Crippen molar-refractivity contribution in [3.05, 3.63) is 41.7 Å². The fourth-order valence-electron chi connectivity index (χ4n) is 1.96. The number of nitrogens with zero attached hydrogens (tertiary/aromatic N) is 1. The first-order valence-electron chi connectivity index (χ1n) is 6.98. The summed E-state index contributed by atoms with van der Waals surface area (Å²) in [6.07, 6.45) is 2.30. The summed E-state index contributed by atoms with van der Waals surface area (Å²) in [5.74, 6) is 1.47. The summed E-state index contributed by atoms with van der Waals surface area (Å²) in [5, 5.41) is 3.33. The van der Waals surface area contributed by atoms with Gasteiger partial charge in [-0.05, 0) is 37.1 Å². The molecule has 2 rings (SSSR count). The molecule has 0 aliphatic heterocycles. The largest absolute Gasteiger partial charge is 0.441 e. The summed E-state index contributed by atoms with van der Waals surface area (Å²) >= 11 is 0. The Morgan fingerprint density at radius 2 is 2.15 bits per heavy atom. The summed E-state index contributed by atoms with van der Waals surface area (Å²) < 4.78 is 19.4. The van der Waals surface area contributed by atoms with E-state index in [9.17, 15) is 4.39 Å². The van der Waals surface area contributed by atoms with Gasteiger partial charge in [0.2, 0.25) is 0 Å². The van der Waals surface area contributed by atoms with E-state index in [1.165, 1.54) is 6.07 Å². The van der Waals surface area contributed by atoms with Crippen LogP contribution in [0.15, 0.2) is 28.8 Å². The highest BCUT2D eigenvalue weighted by molar-refractivity contribution is 5.57. The second-order valence-corrected chi connectivity index (χ2v) is 5.45. The molecule has 20 heavy (non-hydrogen) atoms. The Kier molecular flexibility index (Phi) is 4.90. The van der Waals surface area contributed by atoms with Gasteiger partial charge in [0, 0.05) is 13.0 Å². The minimum Gasteiger partial charge on any atom is -0.441 e. The number of aryl methyl sites for hydroxylation is 1. The molecule has 0 saturated carbocycles. The van der Waals surface area contributed by atoms with Crippen LogP contribution in [-0.2, 0) is 6.42 Å². The molecule has 0 aliphatic carbocycles. The SMILES string of the molecule is Cc1ccc(-c2cnc(CCNCC(C)C)o2)c(F)c1. The quantitative estimate of drug-likeness (QED) is 0.820. The van der Waals surface area contributed by atoms with E-state index in [1.54, 1.807) is 12.3 Å². The highest BCUT2D eigenvalue weighted by Gasteiger charge is 2.10. The fraction of sp³-hybridized carbons (Fsp3) is 0.438. The summed E-state index contributed by atoms with van der Waals surface area (Å²) in [6, 6.07) is 5.10. The number of aromatic nitrogens is 1. The average molecular weight is 276 g/mol. The third-order valence-corrected chi connectivity index (χ3v) is 3.01. The highest BCUT2D eigenvalue weighted by atomic mass is 19.1. The maximum atomic E-state index is 13.8. The predicted octanol–water partition coefficient (Wildman–Crippen LogP) is 3.58. The number of halogens is 1. The number of oxazole rings is 1. The van der Waals surface area contributed by atoms with Gasteiger partial charge in [0.05, 0.1) is 11.8 Å². The molecule has 3 nitrogen and oxygen atoms in total. The molecule has 0 saturated heterocycles. The second-order valence-electron chi connectivity index (χ2n) is 5.45. The molecule has 4 heteroatoms. The molecule has 2 aromatic rings. The van der Waals surface area contributed by atoms with E-state index in [1.807, 2.05) is 13.0 Å². The lowest BCUT2D eigenvalue weighted by Gasteiger charge is -2.05. The summed E-state index contributed by atoms with van der Waals surface area (Å²) in [4.78, 5) is 4.20. The Morgan fingerprint density at radius 3 is 2.85 bits per heavy atom. The molecule has 0 unspecified atom stereocenters. The van der Waals surface area contributed by atoms with Crippen LogP contribution < -0.4 is 5.32 Å². The first kappa shape index (κ1) is 14.7. The Hall–Kier alpha value is -1.68. The van der Waals surface area contributed by atoms with Crippen molar-refractivity contribution >= 4 is 0 Å². The van der Waals surface area contributed by atoms with Crippen molar-refractivity contribution in [1.29, 1.82) is 0 Å². The molecular formula is C16H21FN2O. The van der Waals surface area contributed by atoms with Gasteiger partial charge in [-0.15, -0.1) is 0 Å². The summed E-state index contributed by atoms with van der Waals surface area (Å²) in [5.41, 5.74) is 1.35. The monoisotopic (exact) mass is 276 g/mol. The predicted molar refractivity (Wildman–Crippen MR) is 78.0 cm³/mol. The minimum absolute atomic E-state index is 0.273. The third-order valence-electron chi connectivity index (χ3n) is 3.01. The minimum atomic E-state index is -0.273. The molecule has 1 aromatic heterocycles. The molecule has 108 valence electrons.